The van der Waals surface area contributed by atoms with E-state index in [0.29, 0.717) is 18.8 Å². The third-order valence-electron chi connectivity index (χ3n) is 5.70. The Morgan fingerprint density at radius 3 is 2.60 bits per heavy atom. The van der Waals surface area contributed by atoms with Gasteiger partial charge >= 0.3 is 5.97 Å². The van der Waals surface area contributed by atoms with E-state index >= 15 is 0 Å². The van der Waals surface area contributed by atoms with Gasteiger partial charge < -0.3 is 24.3 Å². The van der Waals surface area contributed by atoms with E-state index in [1.807, 2.05) is 0 Å². The molecule has 1 aliphatic heterocycles. The summed E-state index contributed by atoms with van der Waals surface area (Å²) in [5.74, 6) is -0.527. The van der Waals surface area contributed by atoms with Crippen molar-refractivity contribution < 1.29 is 18.7 Å². The van der Waals surface area contributed by atoms with Crippen LogP contribution in [0.15, 0.2) is 58.9 Å². The van der Waals surface area contributed by atoms with Crippen LogP contribution in [0.1, 0.15) is 13.3 Å². The molecular formula is C26H31FN4O3S. The number of rotatable bonds is 10. The number of morpholine rings is 1. The topological polar surface area (TPSA) is 68.1 Å². The number of anilines is 1. The molecule has 1 saturated heterocycles. The van der Waals surface area contributed by atoms with E-state index in [9.17, 15) is 9.18 Å². The van der Waals surface area contributed by atoms with Gasteiger partial charge in [-0.15, -0.1) is 11.3 Å². The van der Waals surface area contributed by atoms with E-state index in [-0.39, 0.29) is 18.3 Å². The van der Waals surface area contributed by atoms with E-state index < -0.39 is 0 Å². The number of ether oxygens (including phenoxy) is 2. The maximum absolute atomic E-state index is 13.3. The summed E-state index contributed by atoms with van der Waals surface area (Å²) < 4.78 is 26.0. The Morgan fingerprint density at radius 2 is 1.89 bits per heavy atom. The molecule has 0 atom stereocenters. The van der Waals surface area contributed by atoms with Gasteiger partial charge in [0.05, 0.1) is 37.7 Å². The van der Waals surface area contributed by atoms with Crippen molar-refractivity contribution in [3.63, 3.8) is 0 Å². The lowest BCUT2D eigenvalue weighted by Crippen LogP contribution is -2.36. The minimum absolute atomic E-state index is 0.199. The summed E-state index contributed by atoms with van der Waals surface area (Å²) in [5.41, 5.74) is 4.09. The summed E-state index contributed by atoms with van der Waals surface area (Å²) in [6.07, 6.45) is 0.811. The number of nitrogens with one attached hydrogen (secondary N) is 1. The molecule has 0 saturated carbocycles. The summed E-state index contributed by atoms with van der Waals surface area (Å²) >= 11 is 1.56. The van der Waals surface area contributed by atoms with Gasteiger partial charge in [0.15, 0.2) is 4.80 Å². The lowest BCUT2D eigenvalue weighted by Gasteiger charge is -2.28. The van der Waals surface area contributed by atoms with Crippen LogP contribution >= 0.6 is 11.3 Å². The Bertz CT molecular complexity index is 1150. The first-order chi connectivity index (χ1) is 17.1. The highest BCUT2D eigenvalue weighted by molar-refractivity contribution is 7.07. The third-order valence-corrected chi connectivity index (χ3v) is 6.56. The highest BCUT2D eigenvalue weighted by atomic mass is 32.1. The zero-order chi connectivity index (χ0) is 24.5. The van der Waals surface area contributed by atoms with Crippen LogP contribution in [-0.4, -0.2) is 56.5 Å². The SMILES string of the molecule is CCOC(=O)CNCCCn1c(-c2ccc(N3CCOCC3)cc2)cs/c1=N\c1ccc(F)cc1. The largest absolute Gasteiger partial charge is 0.465 e. The first-order valence-electron chi connectivity index (χ1n) is 11.9. The standard InChI is InChI=1S/C26H31FN4O3S/c1-2-34-25(32)18-28-12-3-13-31-24(19-35-26(31)29-22-8-6-21(27)7-9-22)20-4-10-23(11-5-20)30-14-16-33-17-15-30/h4-11,19,28H,2-3,12-18H2,1H3/b29-26-. The molecule has 0 amide bonds. The van der Waals surface area contributed by atoms with Crippen LogP contribution in [0.3, 0.4) is 0 Å². The summed E-state index contributed by atoms with van der Waals surface area (Å²) in [6, 6.07) is 14.8. The highest BCUT2D eigenvalue weighted by Gasteiger charge is 2.13. The smallest absolute Gasteiger partial charge is 0.319 e. The quantitative estimate of drug-likeness (QED) is 0.339. The molecule has 0 bridgehead atoms. The molecule has 1 N–H and O–H groups in total. The van der Waals surface area contributed by atoms with E-state index in [1.165, 1.54) is 17.8 Å². The molecule has 1 aliphatic rings. The number of nitrogens with zero attached hydrogens (tertiary/aromatic N) is 3. The van der Waals surface area contributed by atoms with Gasteiger partial charge in [-0.05, 0) is 61.9 Å². The summed E-state index contributed by atoms with van der Waals surface area (Å²) in [4.78, 5) is 19.5. The van der Waals surface area contributed by atoms with Crippen LogP contribution < -0.4 is 15.0 Å². The average molecular weight is 499 g/mol. The van der Waals surface area contributed by atoms with Crippen LogP contribution in [0, 0.1) is 5.82 Å². The molecule has 0 unspecified atom stereocenters. The number of hydrogen-bond donors (Lipinski definition) is 1. The summed E-state index contributed by atoms with van der Waals surface area (Å²) in [5, 5.41) is 5.25. The fourth-order valence-corrected chi connectivity index (χ4v) is 4.88. The van der Waals surface area contributed by atoms with Crippen molar-refractivity contribution in [3.05, 3.63) is 64.5 Å². The molecule has 35 heavy (non-hydrogen) atoms. The van der Waals surface area contributed by atoms with Crippen molar-refractivity contribution in [2.45, 2.75) is 19.9 Å². The van der Waals surface area contributed by atoms with Gasteiger partial charge in [0.1, 0.15) is 5.82 Å². The second-order valence-corrected chi connectivity index (χ2v) is 8.96. The van der Waals surface area contributed by atoms with Crippen molar-refractivity contribution in [1.82, 2.24) is 9.88 Å². The number of aromatic nitrogens is 1. The Hall–Kier alpha value is -3.01. The van der Waals surface area contributed by atoms with Crippen LogP contribution in [0.5, 0.6) is 0 Å². The van der Waals surface area contributed by atoms with Crippen LogP contribution in [0.2, 0.25) is 0 Å². The predicted octanol–water partition coefficient (Wildman–Crippen LogP) is 3.97. The Labute approximate surface area is 208 Å². The fourth-order valence-electron chi connectivity index (χ4n) is 3.92. The third kappa shape index (κ3) is 7.00. The minimum Gasteiger partial charge on any atom is -0.465 e. The second-order valence-electron chi connectivity index (χ2n) is 8.13. The van der Waals surface area contributed by atoms with Crippen LogP contribution in [0.4, 0.5) is 15.8 Å². The van der Waals surface area contributed by atoms with Crippen molar-refractivity contribution >= 4 is 28.7 Å². The number of carbonyl (C=O) groups is 1. The molecule has 7 nitrogen and oxygen atoms in total. The number of thiazole rings is 1. The number of hydrogen-bond acceptors (Lipinski definition) is 7. The molecule has 2 heterocycles. The summed E-state index contributed by atoms with van der Waals surface area (Å²) in [7, 11) is 0. The van der Waals surface area contributed by atoms with Crippen molar-refractivity contribution in [3.8, 4) is 11.3 Å². The average Bonchev–Trinajstić information content (AvgIpc) is 3.28. The minimum atomic E-state index is -0.281. The van der Waals surface area contributed by atoms with Gasteiger partial charge in [-0.3, -0.25) is 4.79 Å². The predicted molar refractivity (Wildman–Crippen MR) is 137 cm³/mol. The van der Waals surface area contributed by atoms with Gasteiger partial charge in [0.2, 0.25) is 0 Å². The molecule has 186 valence electrons. The molecule has 2 aromatic carbocycles. The molecular weight excluding hydrogens is 467 g/mol. The number of esters is 1. The van der Waals surface area contributed by atoms with Crippen LogP contribution in [0.25, 0.3) is 11.3 Å². The van der Waals surface area contributed by atoms with E-state index in [4.69, 9.17) is 14.5 Å². The Kier molecular flexibility index (Phi) is 9.05. The zero-order valence-electron chi connectivity index (χ0n) is 19.9. The van der Waals surface area contributed by atoms with Crippen molar-refractivity contribution in [2.75, 3.05) is 50.9 Å². The molecule has 4 rings (SSSR count). The van der Waals surface area contributed by atoms with E-state index in [0.717, 1.165) is 55.3 Å². The van der Waals surface area contributed by atoms with Gasteiger partial charge in [0.25, 0.3) is 0 Å². The molecule has 0 aliphatic carbocycles. The van der Waals surface area contributed by atoms with Crippen molar-refractivity contribution in [2.24, 2.45) is 4.99 Å². The highest BCUT2D eigenvalue weighted by Crippen LogP contribution is 2.25. The van der Waals surface area contributed by atoms with Crippen molar-refractivity contribution in [1.29, 1.82) is 0 Å². The Morgan fingerprint density at radius 1 is 1.14 bits per heavy atom. The first-order valence-corrected chi connectivity index (χ1v) is 12.8. The maximum atomic E-state index is 13.3. The number of halogens is 1. The normalized spacial score (nSPS) is 14.3. The van der Waals surface area contributed by atoms with E-state index in [2.05, 4.69) is 44.4 Å². The number of carbonyl (C=O) groups excluding carboxylic acids is 1. The molecule has 0 spiro atoms. The zero-order valence-corrected chi connectivity index (χ0v) is 20.7. The molecule has 9 heteroatoms. The lowest BCUT2D eigenvalue weighted by molar-refractivity contribution is -0.141. The van der Waals surface area contributed by atoms with Gasteiger partial charge in [-0.1, -0.05) is 12.1 Å². The van der Waals surface area contributed by atoms with E-state index in [1.54, 1.807) is 30.4 Å². The van der Waals surface area contributed by atoms with Crippen LogP contribution in [-0.2, 0) is 20.8 Å². The second kappa shape index (κ2) is 12.6. The molecule has 0 radical (unpaired) electrons. The lowest BCUT2D eigenvalue weighted by atomic mass is 10.1. The fraction of sp³-hybridized carbons (Fsp3) is 0.385. The summed E-state index contributed by atoms with van der Waals surface area (Å²) in [6.45, 7) is 7.08. The first kappa shape index (κ1) is 25.1. The number of benzene rings is 2. The molecule has 3 aromatic rings. The molecule has 1 fully saturated rings. The molecule has 1 aromatic heterocycles. The van der Waals surface area contributed by atoms with Gasteiger partial charge in [0, 0.05) is 30.7 Å². The van der Waals surface area contributed by atoms with Gasteiger partial charge in [-0.2, -0.15) is 0 Å². The monoisotopic (exact) mass is 498 g/mol. The Balaban J connectivity index is 1.53. The maximum Gasteiger partial charge on any atom is 0.319 e. The van der Waals surface area contributed by atoms with Gasteiger partial charge in [-0.25, -0.2) is 9.38 Å².